The van der Waals surface area contributed by atoms with E-state index in [1.807, 2.05) is 0 Å². The van der Waals surface area contributed by atoms with Gasteiger partial charge in [0.25, 0.3) is 0 Å². The first-order chi connectivity index (χ1) is 5.91. The first kappa shape index (κ1) is 11.5. The Labute approximate surface area is 75.7 Å². The molecule has 0 aromatic rings. The minimum atomic E-state index is 0.662. The lowest BCUT2D eigenvalue weighted by Gasteiger charge is -2.02. The van der Waals surface area contributed by atoms with Crippen molar-refractivity contribution in [2.24, 2.45) is 0 Å². The van der Waals surface area contributed by atoms with Gasteiger partial charge in [0.1, 0.15) is 0 Å². The Hall–Kier alpha value is -0.520. The van der Waals surface area contributed by atoms with Crippen molar-refractivity contribution in [2.75, 3.05) is 26.3 Å². The van der Waals surface area contributed by atoms with E-state index in [9.17, 15) is 0 Å². The Bertz CT molecular complexity index is 117. The second-order valence-electron chi connectivity index (χ2n) is 2.70. The monoisotopic (exact) mass is 169 g/mol. The summed E-state index contributed by atoms with van der Waals surface area (Å²) in [4.78, 5) is 0. The average Bonchev–Trinajstić information content (AvgIpc) is 2.10. The van der Waals surface area contributed by atoms with Crippen LogP contribution in [0.1, 0.15) is 26.2 Å². The summed E-state index contributed by atoms with van der Waals surface area (Å²) in [7, 11) is 0. The molecular weight excluding hydrogens is 150 g/mol. The van der Waals surface area contributed by atoms with E-state index in [0.717, 1.165) is 32.6 Å². The van der Waals surface area contributed by atoms with Gasteiger partial charge < -0.3 is 10.1 Å². The van der Waals surface area contributed by atoms with E-state index in [1.54, 1.807) is 0 Å². The standard InChI is InChI=1S/C10H19NO/c1-3-5-9-12-10-6-8-11-7-4-2/h2,11H,3,5-10H2,1H3. The summed E-state index contributed by atoms with van der Waals surface area (Å²) >= 11 is 0. The zero-order valence-corrected chi connectivity index (χ0v) is 7.94. The van der Waals surface area contributed by atoms with Crippen molar-refractivity contribution in [1.29, 1.82) is 0 Å². The van der Waals surface area contributed by atoms with Crippen molar-refractivity contribution in [2.45, 2.75) is 26.2 Å². The molecule has 0 aliphatic rings. The van der Waals surface area contributed by atoms with Crippen LogP contribution in [0.2, 0.25) is 0 Å². The summed E-state index contributed by atoms with van der Waals surface area (Å²) in [6.45, 7) is 5.52. The predicted molar refractivity (Wildman–Crippen MR) is 52.0 cm³/mol. The van der Waals surface area contributed by atoms with Crippen LogP contribution in [0.15, 0.2) is 0 Å². The smallest absolute Gasteiger partial charge is 0.0573 e. The Kier molecular flexibility index (Phi) is 10.0. The fourth-order valence-electron chi connectivity index (χ4n) is 0.808. The van der Waals surface area contributed by atoms with Crippen molar-refractivity contribution in [3.8, 4) is 12.3 Å². The van der Waals surface area contributed by atoms with Crippen LogP contribution in [-0.2, 0) is 4.74 Å². The molecule has 0 bridgehead atoms. The van der Waals surface area contributed by atoms with Crippen LogP contribution in [-0.4, -0.2) is 26.3 Å². The zero-order chi connectivity index (χ0) is 9.07. The van der Waals surface area contributed by atoms with Crippen molar-refractivity contribution >= 4 is 0 Å². The van der Waals surface area contributed by atoms with E-state index in [0.29, 0.717) is 6.54 Å². The van der Waals surface area contributed by atoms with E-state index in [4.69, 9.17) is 11.2 Å². The summed E-state index contributed by atoms with van der Waals surface area (Å²) in [6.07, 6.45) is 8.48. The van der Waals surface area contributed by atoms with Crippen LogP contribution in [0.25, 0.3) is 0 Å². The minimum Gasteiger partial charge on any atom is -0.381 e. The topological polar surface area (TPSA) is 21.3 Å². The average molecular weight is 169 g/mol. The molecule has 70 valence electrons. The third kappa shape index (κ3) is 9.48. The van der Waals surface area contributed by atoms with E-state index < -0.39 is 0 Å². The fourth-order valence-corrected chi connectivity index (χ4v) is 0.808. The molecule has 0 aliphatic heterocycles. The highest BCUT2D eigenvalue weighted by Gasteiger charge is 1.87. The molecule has 0 atom stereocenters. The molecule has 0 saturated carbocycles. The van der Waals surface area contributed by atoms with Crippen LogP contribution in [0, 0.1) is 12.3 Å². The Morgan fingerprint density at radius 1 is 1.33 bits per heavy atom. The number of terminal acetylenes is 1. The molecule has 1 N–H and O–H groups in total. The molecule has 12 heavy (non-hydrogen) atoms. The minimum absolute atomic E-state index is 0.662. The highest BCUT2D eigenvalue weighted by Crippen LogP contribution is 1.88. The third-order valence-corrected chi connectivity index (χ3v) is 1.51. The number of hydrogen-bond acceptors (Lipinski definition) is 2. The zero-order valence-electron chi connectivity index (χ0n) is 7.94. The molecule has 0 unspecified atom stereocenters. The summed E-state index contributed by atoms with van der Waals surface area (Å²) in [6, 6.07) is 0. The molecule has 0 radical (unpaired) electrons. The predicted octanol–water partition coefficient (Wildman–Crippen LogP) is 1.42. The maximum Gasteiger partial charge on any atom is 0.0573 e. The lowest BCUT2D eigenvalue weighted by molar-refractivity contribution is 0.129. The molecule has 0 heterocycles. The maximum atomic E-state index is 5.36. The van der Waals surface area contributed by atoms with Gasteiger partial charge in [-0.25, -0.2) is 0 Å². The number of unbranched alkanes of at least 4 members (excludes halogenated alkanes) is 1. The molecule has 0 spiro atoms. The molecule has 0 fully saturated rings. The second kappa shape index (κ2) is 10.5. The summed E-state index contributed by atoms with van der Waals surface area (Å²) < 4.78 is 5.36. The van der Waals surface area contributed by atoms with Crippen LogP contribution < -0.4 is 5.32 Å². The summed E-state index contributed by atoms with van der Waals surface area (Å²) in [5.41, 5.74) is 0. The van der Waals surface area contributed by atoms with Gasteiger partial charge in [-0.1, -0.05) is 19.3 Å². The van der Waals surface area contributed by atoms with Gasteiger partial charge >= 0.3 is 0 Å². The molecule has 2 nitrogen and oxygen atoms in total. The summed E-state index contributed by atoms with van der Waals surface area (Å²) in [5, 5.41) is 3.11. The maximum absolute atomic E-state index is 5.36. The Morgan fingerprint density at radius 3 is 2.75 bits per heavy atom. The largest absolute Gasteiger partial charge is 0.381 e. The summed E-state index contributed by atoms with van der Waals surface area (Å²) in [5.74, 6) is 2.53. The van der Waals surface area contributed by atoms with E-state index in [1.165, 1.54) is 6.42 Å². The highest BCUT2D eigenvalue weighted by molar-refractivity contribution is 4.86. The lowest BCUT2D eigenvalue weighted by atomic mass is 10.4. The molecule has 0 aliphatic carbocycles. The van der Waals surface area contributed by atoms with Crippen LogP contribution in [0.4, 0.5) is 0 Å². The van der Waals surface area contributed by atoms with Gasteiger partial charge in [-0.15, -0.1) is 6.42 Å². The molecule has 0 rings (SSSR count). The van der Waals surface area contributed by atoms with E-state index in [2.05, 4.69) is 18.2 Å². The number of rotatable bonds is 8. The van der Waals surface area contributed by atoms with Crippen LogP contribution >= 0.6 is 0 Å². The van der Waals surface area contributed by atoms with Crippen molar-refractivity contribution < 1.29 is 4.74 Å². The van der Waals surface area contributed by atoms with Crippen LogP contribution in [0.5, 0.6) is 0 Å². The SMILES string of the molecule is C#CCNCCCOCCCC. The first-order valence-electron chi connectivity index (χ1n) is 4.63. The van der Waals surface area contributed by atoms with Gasteiger partial charge in [0.15, 0.2) is 0 Å². The van der Waals surface area contributed by atoms with Gasteiger partial charge in [0, 0.05) is 13.2 Å². The normalized spacial score (nSPS) is 9.67. The molecule has 0 aromatic carbocycles. The molecule has 0 amide bonds. The van der Waals surface area contributed by atoms with Gasteiger partial charge in [0.05, 0.1) is 6.54 Å². The lowest BCUT2D eigenvalue weighted by Crippen LogP contribution is -2.16. The number of hydrogen-bond donors (Lipinski definition) is 1. The van der Waals surface area contributed by atoms with Crippen molar-refractivity contribution in [1.82, 2.24) is 5.32 Å². The number of nitrogens with one attached hydrogen (secondary N) is 1. The van der Waals surface area contributed by atoms with Gasteiger partial charge in [-0.2, -0.15) is 0 Å². The van der Waals surface area contributed by atoms with E-state index in [-0.39, 0.29) is 0 Å². The van der Waals surface area contributed by atoms with Crippen molar-refractivity contribution in [3.05, 3.63) is 0 Å². The first-order valence-corrected chi connectivity index (χ1v) is 4.63. The van der Waals surface area contributed by atoms with Gasteiger partial charge in [0.2, 0.25) is 0 Å². The second-order valence-corrected chi connectivity index (χ2v) is 2.70. The molecule has 0 aromatic heterocycles. The van der Waals surface area contributed by atoms with Gasteiger partial charge in [-0.3, -0.25) is 0 Å². The fraction of sp³-hybridized carbons (Fsp3) is 0.800. The third-order valence-electron chi connectivity index (χ3n) is 1.51. The molecule has 0 saturated heterocycles. The van der Waals surface area contributed by atoms with E-state index >= 15 is 0 Å². The Morgan fingerprint density at radius 2 is 2.08 bits per heavy atom. The quantitative estimate of drug-likeness (QED) is 0.438. The van der Waals surface area contributed by atoms with Crippen molar-refractivity contribution in [3.63, 3.8) is 0 Å². The molecular formula is C10H19NO. The van der Waals surface area contributed by atoms with Crippen LogP contribution in [0.3, 0.4) is 0 Å². The Balaban J connectivity index is 2.78. The highest BCUT2D eigenvalue weighted by atomic mass is 16.5. The molecule has 2 heteroatoms. The number of ether oxygens (including phenoxy) is 1. The van der Waals surface area contributed by atoms with Gasteiger partial charge in [-0.05, 0) is 19.4 Å².